The molecule has 0 radical (unpaired) electrons. The molecule has 0 saturated heterocycles. The van der Waals surface area contributed by atoms with Crippen molar-refractivity contribution in [2.45, 2.75) is 12.3 Å². The highest BCUT2D eigenvalue weighted by Gasteiger charge is 2.16. The van der Waals surface area contributed by atoms with E-state index in [9.17, 15) is 9.59 Å². The van der Waals surface area contributed by atoms with E-state index in [1.165, 1.54) is 13.0 Å². The van der Waals surface area contributed by atoms with Gasteiger partial charge in [-0.05, 0) is 58.9 Å². The number of carbonyl (C=O) groups is 2. The Morgan fingerprint density at radius 2 is 2.12 bits per heavy atom. The number of hydrogen-bond acceptors (Lipinski definition) is 2. The Kier molecular flexibility index (Phi) is 5.14. The fourth-order valence-corrected chi connectivity index (χ4v) is 2.01. The minimum Gasteiger partial charge on any atom is -0.478 e. The van der Waals surface area contributed by atoms with Gasteiger partial charge in [0, 0.05) is 9.65 Å². The number of aliphatic carboxylic acids is 1. The lowest BCUT2D eigenvalue weighted by Crippen LogP contribution is -2.04. The lowest BCUT2D eigenvalue weighted by molar-refractivity contribution is -0.131. The van der Waals surface area contributed by atoms with Gasteiger partial charge in [-0.15, -0.1) is 11.6 Å². The number of ketones is 1. The molecule has 1 unspecified atom stereocenters. The molecule has 90 valence electrons. The molecule has 0 aliphatic heterocycles. The SMILES string of the molecule is CC(=O)C(Cl)c1ccc(I)cc1C=CC(=O)O. The fraction of sp³-hybridized carbons (Fsp3) is 0.167. The number of carboxylic acids is 1. The third kappa shape index (κ3) is 4.12. The van der Waals surface area contributed by atoms with E-state index < -0.39 is 11.3 Å². The van der Waals surface area contributed by atoms with Gasteiger partial charge in [-0.2, -0.15) is 0 Å². The minimum atomic E-state index is -1.04. The molecule has 1 N–H and O–H groups in total. The number of alkyl halides is 1. The van der Waals surface area contributed by atoms with E-state index in [0.29, 0.717) is 11.1 Å². The van der Waals surface area contributed by atoms with Gasteiger partial charge in [0.2, 0.25) is 0 Å². The number of carbonyl (C=O) groups excluding carboxylic acids is 1. The first kappa shape index (κ1) is 14.2. The number of benzene rings is 1. The Morgan fingerprint density at radius 3 is 2.65 bits per heavy atom. The van der Waals surface area contributed by atoms with Crippen molar-refractivity contribution in [3.63, 3.8) is 0 Å². The van der Waals surface area contributed by atoms with E-state index in [1.807, 2.05) is 6.07 Å². The summed E-state index contributed by atoms with van der Waals surface area (Å²) in [4.78, 5) is 21.7. The molecule has 1 rings (SSSR count). The summed E-state index contributed by atoms with van der Waals surface area (Å²) in [5, 5.41) is 7.84. The molecule has 1 aromatic rings. The zero-order chi connectivity index (χ0) is 13.0. The highest BCUT2D eigenvalue weighted by atomic mass is 127. The monoisotopic (exact) mass is 364 g/mol. The third-order valence-corrected chi connectivity index (χ3v) is 3.30. The largest absolute Gasteiger partial charge is 0.478 e. The van der Waals surface area contributed by atoms with E-state index in [-0.39, 0.29) is 5.78 Å². The van der Waals surface area contributed by atoms with E-state index in [2.05, 4.69) is 22.6 Å². The quantitative estimate of drug-likeness (QED) is 0.507. The predicted octanol–water partition coefficient (Wildman–Crippen LogP) is 3.26. The van der Waals surface area contributed by atoms with E-state index in [0.717, 1.165) is 9.65 Å². The number of halogens is 2. The Bertz CT molecular complexity index is 483. The van der Waals surface area contributed by atoms with Crippen LogP contribution < -0.4 is 0 Å². The van der Waals surface area contributed by atoms with Gasteiger partial charge in [0.05, 0.1) is 0 Å². The topological polar surface area (TPSA) is 54.4 Å². The summed E-state index contributed by atoms with van der Waals surface area (Å²) in [5.74, 6) is -1.21. The van der Waals surface area contributed by atoms with Crippen molar-refractivity contribution in [2.75, 3.05) is 0 Å². The fourth-order valence-electron chi connectivity index (χ4n) is 1.30. The molecule has 1 aromatic carbocycles. The maximum atomic E-state index is 11.2. The van der Waals surface area contributed by atoms with Gasteiger partial charge in [0.1, 0.15) is 5.38 Å². The average Bonchev–Trinajstić information content (AvgIpc) is 2.25. The second kappa shape index (κ2) is 6.16. The molecule has 0 amide bonds. The van der Waals surface area contributed by atoms with Crippen molar-refractivity contribution < 1.29 is 14.7 Å². The highest BCUT2D eigenvalue weighted by Crippen LogP contribution is 2.27. The summed E-state index contributed by atoms with van der Waals surface area (Å²) in [6.45, 7) is 1.40. The van der Waals surface area contributed by atoms with Gasteiger partial charge < -0.3 is 5.11 Å². The molecule has 0 fully saturated rings. The smallest absolute Gasteiger partial charge is 0.328 e. The Balaban J connectivity index is 3.21. The van der Waals surface area contributed by atoms with Crippen molar-refractivity contribution >= 4 is 52.0 Å². The van der Waals surface area contributed by atoms with Crippen molar-refractivity contribution in [1.82, 2.24) is 0 Å². The Hall–Kier alpha value is -0.880. The van der Waals surface area contributed by atoms with Crippen LogP contribution in [0.3, 0.4) is 0 Å². The maximum absolute atomic E-state index is 11.2. The standard InChI is InChI=1S/C12H10ClIO3/c1-7(15)12(13)10-4-3-9(14)6-8(10)2-5-11(16)17/h2-6,12H,1H3,(H,16,17). The van der Waals surface area contributed by atoms with Crippen LogP contribution in [0.5, 0.6) is 0 Å². The summed E-state index contributed by atoms with van der Waals surface area (Å²) in [6, 6.07) is 5.35. The van der Waals surface area contributed by atoms with Crippen LogP contribution in [0.4, 0.5) is 0 Å². The first-order chi connectivity index (χ1) is 7.91. The maximum Gasteiger partial charge on any atom is 0.328 e. The summed E-state index contributed by atoms with van der Waals surface area (Å²) in [7, 11) is 0. The lowest BCUT2D eigenvalue weighted by Gasteiger charge is -2.10. The molecule has 0 heterocycles. The zero-order valence-corrected chi connectivity index (χ0v) is 11.9. The second-order valence-electron chi connectivity index (χ2n) is 3.42. The molecule has 3 nitrogen and oxygen atoms in total. The third-order valence-electron chi connectivity index (χ3n) is 2.08. The molecule has 5 heteroatoms. The van der Waals surface area contributed by atoms with E-state index in [1.54, 1.807) is 12.1 Å². The van der Waals surface area contributed by atoms with Crippen molar-refractivity contribution in [2.24, 2.45) is 0 Å². The van der Waals surface area contributed by atoms with Gasteiger partial charge >= 0.3 is 5.97 Å². The number of rotatable bonds is 4. The molecule has 1 atom stereocenters. The minimum absolute atomic E-state index is 0.169. The van der Waals surface area contributed by atoms with Crippen LogP contribution >= 0.6 is 34.2 Å². The molecule has 17 heavy (non-hydrogen) atoms. The zero-order valence-electron chi connectivity index (χ0n) is 8.98. The number of carboxylic acid groups (broad SMARTS) is 1. The van der Waals surface area contributed by atoms with Crippen LogP contribution in [-0.2, 0) is 9.59 Å². The van der Waals surface area contributed by atoms with Crippen molar-refractivity contribution in [3.05, 3.63) is 39.0 Å². The molecular formula is C12H10ClIO3. The van der Waals surface area contributed by atoms with E-state index >= 15 is 0 Å². The van der Waals surface area contributed by atoms with Crippen LogP contribution in [0.2, 0.25) is 0 Å². The summed E-state index contributed by atoms with van der Waals surface area (Å²) >= 11 is 8.09. The second-order valence-corrected chi connectivity index (χ2v) is 5.10. The van der Waals surface area contributed by atoms with Gasteiger partial charge in [0.15, 0.2) is 5.78 Å². The van der Waals surface area contributed by atoms with Crippen molar-refractivity contribution in [1.29, 1.82) is 0 Å². The summed E-state index contributed by atoms with van der Waals surface area (Å²) < 4.78 is 0.948. The van der Waals surface area contributed by atoms with E-state index in [4.69, 9.17) is 16.7 Å². The van der Waals surface area contributed by atoms with Gasteiger partial charge in [-0.3, -0.25) is 4.79 Å². The molecule has 0 aromatic heterocycles. The Morgan fingerprint density at radius 1 is 1.47 bits per heavy atom. The summed E-state index contributed by atoms with van der Waals surface area (Å²) in [5.41, 5.74) is 1.27. The molecule has 0 spiro atoms. The first-order valence-electron chi connectivity index (χ1n) is 4.77. The number of hydrogen-bond donors (Lipinski definition) is 1. The normalized spacial score (nSPS) is 12.6. The highest BCUT2D eigenvalue weighted by molar-refractivity contribution is 14.1. The van der Waals surface area contributed by atoms with Crippen LogP contribution in [-0.4, -0.2) is 16.9 Å². The molecule has 0 aliphatic carbocycles. The van der Waals surface area contributed by atoms with Gasteiger partial charge in [-0.1, -0.05) is 6.07 Å². The van der Waals surface area contributed by atoms with Crippen LogP contribution in [0.1, 0.15) is 23.4 Å². The average molecular weight is 365 g/mol. The molecule has 0 bridgehead atoms. The summed E-state index contributed by atoms with van der Waals surface area (Å²) in [6.07, 6.45) is 2.47. The van der Waals surface area contributed by atoms with Gasteiger partial charge in [-0.25, -0.2) is 4.79 Å². The van der Waals surface area contributed by atoms with Gasteiger partial charge in [0.25, 0.3) is 0 Å². The van der Waals surface area contributed by atoms with Crippen LogP contribution in [0, 0.1) is 3.57 Å². The predicted molar refractivity (Wildman–Crippen MR) is 75.1 cm³/mol. The van der Waals surface area contributed by atoms with Crippen molar-refractivity contribution in [3.8, 4) is 0 Å². The van der Waals surface area contributed by atoms with Crippen LogP contribution in [0.25, 0.3) is 6.08 Å². The van der Waals surface area contributed by atoms with Crippen LogP contribution in [0.15, 0.2) is 24.3 Å². The first-order valence-corrected chi connectivity index (χ1v) is 6.28. The molecule has 0 aliphatic rings. The Labute approximate surface area is 118 Å². The molecule has 0 saturated carbocycles. The molecular weight excluding hydrogens is 354 g/mol. The number of Topliss-reactive ketones (excluding diaryl/α,β-unsaturated/α-hetero) is 1. The lowest BCUT2D eigenvalue weighted by atomic mass is 10.0.